The first-order valence-electron chi connectivity index (χ1n) is 14.2. The molecule has 7 nitrogen and oxygen atoms in total. The van der Waals surface area contributed by atoms with E-state index in [4.69, 9.17) is 18.9 Å². The first-order chi connectivity index (χ1) is 17.7. The molecule has 0 heterocycles. The van der Waals surface area contributed by atoms with Gasteiger partial charge in [0.1, 0.15) is 12.2 Å². The van der Waals surface area contributed by atoms with Crippen molar-refractivity contribution in [3.8, 4) is 0 Å². The van der Waals surface area contributed by atoms with Crippen LogP contribution in [0.15, 0.2) is 24.3 Å². The van der Waals surface area contributed by atoms with Crippen LogP contribution in [-0.4, -0.2) is 49.4 Å². The third-order valence-electron chi connectivity index (χ3n) is 8.24. The molecule has 3 saturated carbocycles. The summed E-state index contributed by atoms with van der Waals surface area (Å²) in [5.41, 5.74) is 0.869. The van der Waals surface area contributed by atoms with E-state index in [1.165, 1.54) is 0 Å². The van der Waals surface area contributed by atoms with Gasteiger partial charge in [-0.2, -0.15) is 0 Å². The van der Waals surface area contributed by atoms with E-state index in [1.54, 1.807) is 13.8 Å². The molecule has 0 atom stereocenters. The molecule has 3 fully saturated rings. The molecule has 0 radical (unpaired) electrons. The normalized spacial score (nSPS) is 30.1. The van der Waals surface area contributed by atoms with E-state index >= 15 is 0 Å². The fraction of sp³-hybridized carbons (Fsp3) is 0.767. The highest BCUT2D eigenvalue weighted by Gasteiger charge is 2.35. The minimum absolute atomic E-state index is 0.00112. The Balaban J connectivity index is 1.25. The van der Waals surface area contributed by atoms with Crippen molar-refractivity contribution in [3.05, 3.63) is 24.3 Å². The smallest absolute Gasteiger partial charge is 0.333 e. The van der Waals surface area contributed by atoms with Gasteiger partial charge in [-0.25, -0.2) is 9.59 Å². The van der Waals surface area contributed by atoms with Crippen molar-refractivity contribution in [2.45, 2.75) is 116 Å². The van der Waals surface area contributed by atoms with Crippen molar-refractivity contribution in [1.29, 1.82) is 0 Å². The Hall–Kier alpha value is -2.15. The van der Waals surface area contributed by atoms with Crippen molar-refractivity contribution >= 4 is 17.9 Å². The number of rotatable bonds is 11. The number of hydrogen-bond donors (Lipinski definition) is 0. The maximum absolute atomic E-state index is 12.8. The molecule has 3 aliphatic carbocycles. The maximum Gasteiger partial charge on any atom is 0.333 e. The predicted octanol–water partition coefficient (Wildman–Crippen LogP) is 5.85. The van der Waals surface area contributed by atoms with E-state index in [2.05, 4.69) is 13.2 Å². The predicted molar refractivity (Wildman–Crippen MR) is 141 cm³/mol. The molecule has 0 aromatic carbocycles. The lowest BCUT2D eigenvalue weighted by atomic mass is 9.70. The Kier molecular flexibility index (Phi) is 11.7. The zero-order valence-electron chi connectivity index (χ0n) is 22.8. The molecule has 7 heteroatoms. The van der Waals surface area contributed by atoms with Crippen molar-refractivity contribution in [3.63, 3.8) is 0 Å². The van der Waals surface area contributed by atoms with Gasteiger partial charge in [-0.15, -0.1) is 0 Å². The molecule has 0 bridgehead atoms. The van der Waals surface area contributed by atoms with Gasteiger partial charge in [0.2, 0.25) is 0 Å². The molecule has 0 amide bonds. The molecule has 0 aliphatic heterocycles. The zero-order chi connectivity index (χ0) is 26.8. The van der Waals surface area contributed by atoms with Crippen LogP contribution in [0.3, 0.4) is 0 Å². The largest absolute Gasteiger partial charge is 0.462 e. The second-order valence-electron chi connectivity index (χ2n) is 11.3. The number of ether oxygens (including phenoxy) is 4. The fourth-order valence-electron chi connectivity index (χ4n) is 5.93. The van der Waals surface area contributed by atoms with Gasteiger partial charge in [-0.3, -0.25) is 4.79 Å². The molecule has 0 aromatic rings. The maximum atomic E-state index is 12.8. The van der Waals surface area contributed by atoms with Crippen LogP contribution in [-0.2, 0) is 33.3 Å². The molecule has 0 N–H and O–H groups in total. The molecule has 208 valence electrons. The molecule has 0 saturated heterocycles. The van der Waals surface area contributed by atoms with E-state index in [9.17, 15) is 14.4 Å². The average molecular weight is 519 g/mol. The summed E-state index contributed by atoms with van der Waals surface area (Å²) >= 11 is 0. The molecule has 3 rings (SSSR count). The summed E-state index contributed by atoms with van der Waals surface area (Å²) in [7, 11) is 0. The summed E-state index contributed by atoms with van der Waals surface area (Å²) in [6, 6.07) is 0. The van der Waals surface area contributed by atoms with Gasteiger partial charge in [-0.1, -0.05) is 13.2 Å². The molecule has 0 unspecified atom stereocenters. The van der Waals surface area contributed by atoms with Crippen LogP contribution in [0.4, 0.5) is 0 Å². The third-order valence-corrected chi connectivity index (χ3v) is 8.24. The van der Waals surface area contributed by atoms with Crippen LogP contribution in [0, 0.1) is 17.8 Å². The molecular weight excluding hydrogens is 472 g/mol. The lowest BCUT2D eigenvalue weighted by Crippen LogP contribution is -2.34. The number of hydrogen-bond acceptors (Lipinski definition) is 7. The van der Waals surface area contributed by atoms with E-state index < -0.39 is 0 Å². The van der Waals surface area contributed by atoms with Crippen LogP contribution in [0.2, 0.25) is 0 Å². The summed E-state index contributed by atoms with van der Waals surface area (Å²) in [6.07, 6.45) is 12.4. The summed E-state index contributed by atoms with van der Waals surface area (Å²) < 4.78 is 22.4. The minimum atomic E-state index is -0.359. The summed E-state index contributed by atoms with van der Waals surface area (Å²) in [5, 5.41) is 0. The lowest BCUT2D eigenvalue weighted by molar-refractivity contribution is -0.159. The average Bonchev–Trinajstić information content (AvgIpc) is 2.89. The van der Waals surface area contributed by atoms with Crippen molar-refractivity contribution < 1.29 is 33.3 Å². The topological polar surface area (TPSA) is 88.1 Å². The molecule has 3 aliphatic rings. The second kappa shape index (κ2) is 14.7. The third kappa shape index (κ3) is 9.59. The minimum Gasteiger partial charge on any atom is -0.462 e. The van der Waals surface area contributed by atoms with Gasteiger partial charge in [0.25, 0.3) is 0 Å². The van der Waals surface area contributed by atoms with E-state index in [-0.39, 0.29) is 42.1 Å². The van der Waals surface area contributed by atoms with Gasteiger partial charge in [0.05, 0.1) is 25.2 Å². The highest BCUT2D eigenvalue weighted by molar-refractivity contribution is 5.87. The number of carbonyl (C=O) groups is 3. The Bertz CT molecular complexity index is 795. The van der Waals surface area contributed by atoms with Crippen molar-refractivity contribution in [2.24, 2.45) is 17.8 Å². The molecule has 37 heavy (non-hydrogen) atoms. The fourth-order valence-corrected chi connectivity index (χ4v) is 5.93. The van der Waals surface area contributed by atoms with Gasteiger partial charge >= 0.3 is 17.9 Å². The van der Waals surface area contributed by atoms with Crippen LogP contribution in [0.5, 0.6) is 0 Å². The quantitative estimate of drug-likeness (QED) is 0.147. The lowest BCUT2D eigenvalue weighted by Gasteiger charge is -2.37. The highest BCUT2D eigenvalue weighted by Crippen LogP contribution is 2.41. The molecule has 0 spiro atoms. The van der Waals surface area contributed by atoms with Gasteiger partial charge in [-0.05, 0) is 103 Å². The Morgan fingerprint density at radius 3 is 1.68 bits per heavy atom. The van der Waals surface area contributed by atoms with E-state index in [1.807, 2.05) is 0 Å². The van der Waals surface area contributed by atoms with Crippen LogP contribution >= 0.6 is 0 Å². The summed E-state index contributed by atoms with van der Waals surface area (Å²) in [4.78, 5) is 36.0. The van der Waals surface area contributed by atoms with Crippen molar-refractivity contribution in [2.75, 3.05) is 13.2 Å². The van der Waals surface area contributed by atoms with Crippen LogP contribution < -0.4 is 0 Å². The first-order valence-corrected chi connectivity index (χ1v) is 14.2. The summed E-state index contributed by atoms with van der Waals surface area (Å²) in [6.45, 7) is 11.4. The Morgan fingerprint density at radius 1 is 0.622 bits per heavy atom. The van der Waals surface area contributed by atoms with Crippen molar-refractivity contribution in [1.82, 2.24) is 0 Å². The molecule has 0 aromatic heterocycles. The van der Waals surface area contributed by atoms with Gasteiger partial charge in [0, 0.05) is 17.6 Å². The Labute approximate surface area is 222 Å². The zero-order valence-corrected chi connectivity index (χ0v) is 22.8. The van der Waals surface area contributed by atoms with E-state index in [0.717, 1.165) is 77.0 Å². The van der Waals surface area contributed by atoms with Crippen LogP contribution in [0.1, 0.15) is 97.3 Å². The Morgan fingerprint density at radius 2 is 1.11 bits per heavy atom. The van der Waals surface area contributed by atoms with Crippen LogP contribution in [0.25, 0.3) is 0 Å². The monoisotopic (exact) mass is 518 g/mol. The SMILES string of the molecule is C=C(C)C(=O)OCCCOC1CCC(OC(=O)C2CCC(C3CCC(OC(=O)C(=C)C)CC3)CC2)CC1. The standard InChI is InChI=1S/C30H46O7/c1-20(2)28(31)35-19-5-18-34-25-14-16-27(17-15-25)37-30(33)24-8-6-22(7-9-24)23-10-12-26(13-11-23)36-29(32)21(3)4/h22-27H,1,3,5-19H2,2,4H3. The van der Waals surface area contributed by atoms with E-state index in [0.29, 0.717) is 42.6 Å². The number of carbonyl (C=O) groups excluding carboxylic acids is 3. The number of esters is 3. The van der Waals surface area contributed by atoms with Gasteiger partial charge < -0.3 is 18.9 Å². The summed E-state index contributed by atoms with van der Waals surface area (Å²) in [5.74, 6) is 0.713. The molecular formula is C30H46O7. The first kappa shape index (κ1) is 29.4. The highest BCUT2D eigenvalue weighted by atomic mass is 16.6. The second-order valence-corrected chi connectivity index (χ2v) is 11.3. The van der Waals surface area contributed by atoms with Gasteiger partial charge in [0.15, 0.2) is 0 Å².